The normalized spacial score (nSPS) is 19.2. The number of hydrogen-bond acceptors (Lipinski definition) is 4. The molecule has 1 atom stereocenters. The summed E-state index contributed by atoms with van der Waals surface area (Å²) >= 11 is 0. The van der Waals surface area contributed by atoms with Crippen molar-refractivity contribution in [2.24, 2.45) is 11.7 Å². The molecule has 1 heterocycles. The highest BCUT2D eigenvalue weighted by molar-refractivity contribution is 5.88. The van der Waals surface area contributed by atoms with Crippen LogP contribution in [0.2, 0.25) is 0 Å². The molecule has 1 aromatic carbocycles. The van der Waals surface area contributed by atoms with Gasteiger partial charge in [-0.05, 0) is 44.2 Å². The van der Waals surface area contributed by atoms with Gasteiger partial charge in [0.2, 0.25) is 0 Å². The molecule has 0 radical (unpaired) electrons. The number of carbonyl (C=O) groups excluding carboxylic acids is 1. The maximum Gasteiger partial charge on any atom is 0.414 e. The van der Waals surface area contributed by atoms with Crippen LogP contribution in [-0.2, 0) is 4.74 Å². The minimum atomic E-state index is -0.294. The molecule has 2 rings (SSSR count). The molecule has 19 heavy (non-hydrogen) atoms. The van der Waals surface area contributed by atoms with Gasteiger partial charge in [0.15, 0.2) is 0 Å². The number of carbonyl (C=O) groups is 1. The van der Waals surface area contributed by atoms with E-state index in [1.54, 1.807) is 4.90 Å². The van der Waals surface area contributed by atoms with Gasteiger partial charge in [-0.25, -0.2) is 4.79 Å². The standard InChI is InChI=1S/C14H20N2O3/c1-2-18-13-5-3-12(4-6-13)16-9-11(7-8-15)10-19-14(16)17/h3-6,11H,2,7-10,15H2,1H3. The molecule has 1 unspecified atom stereocenters. The van der Waals surface area contributed by atoms with Crippen molar-refractivity contribution >= 4 is 11.8 Å². The highest BCUT2D eigenvalue weighted by Crippen LogP contribution is 2.24. The fraction of sp³-hybridized carbons (Fsp3) is 0.500. The third-order valence-corrected chi connectivity index (χ3v) is 3.14. The molecule has 5 nitrogen and oxygen atoms in total. The van der Waals surface area contributed by atoms with Crippen molar-refractivity contribution in [1.82, 2.24) is 0 Å². The summed E-state index contributed by atoms with van der Waals surface area (Å²) in [4.78, 5) is 13.4. The maximum absolute atomic E-state index is 11.8. The molecule has 0 spiro atoms. The van der Waals surface area contributed by atoms with E-state index in [0.717, 1.165) is 17.9 Å². The first kappa shape index (κ1) is 13.7. The number of amides is 1. The van der Waals surface area contributed by atoms with Gasteiger partial charge in [0.1, 0.15) is 5.75 Å². The lowest BCUT2D eigenvalue weighted by atomic mass is 10.0. The van der Waals surface area contributed by atoms with Gasteiger partial charge in [-0.2, -0.15) is 0 Å². The molecular formula is C14H20N2O3. The van der Waals surface area contributed by atoms with Crippen LogP contribution in [0.15, 0.2) is 24.3 Å². The van der Waals surface area contributed by atoms with E-state index in [0.29, 0.717) is 32.2 Å². The molecule has 1 saturated heterocycles. The van der Waals surface area contributed by atoms with Crippen LogP contribution in [0.4, 0.5) is 10.5 Å². The molecule has 2 N–H and O–H groups in total. The summed E-state index contributed by atoms with van der Waals surface area (Å²) in [6.07, 6.45) is 0.568. The van der Waals surface area contributed by atoms with E-state index in [4.69, 9.17) is 15.2 Å². The van der Waals surface area contributed by atoms with Crippen molar-refractivity contribution in [3.63, 3.8) is 0 Å². The van der Waals surface area contributed by atoms with E-state index in [1.165, 1.54) is 0 Å². The predicted molar refractivity (Wildman–Crippen MR) is 73.5 cm³/mol. The molecule has 5 heteroatoms. The van der Waals surface area contributed by atoms with Crippen molar-refractivity contribution < 1.29 is 14.3 Å². The summed E-state index contributed by atoms with van der Waals surface area (Å²) in [5.74, 6) is 1.10. The van der Waals surface area contributed by atoms with E-state index in [1.807, 2.05) is 31.2 Å². The van der Waals surface area contributed by atoms with Gasteiger partial charge in [-0.3, -0.25) is 4.90 Å². The summed E-state index contributed by atoms with van der Waals surface area (Å²) in [6, 6.07) is 7.46. The maximum atomic E-state index is 11.8. The summed E-state index contributed by atoms with van der Waals surface area (Å²) in [6.45, 7) is 4.30. The van der Waals surface area contributed by atoms with E-state index >= 15 is 0 Å². The summed E-state index contributed by atoms with van der Waals surface area (Å²) in [7, 11) is 0. The first-order valence-electron chi connectivity index (χ1n) is 6.61. The Morgan fingerprint density at radius 2 is 2.16 bits per heavy atom. The molecule has 0 aromatic heterocycles. The summed E-state index contributed by atoms with van der Waals surface area (Å²) < 4.78 is 10.6. The molecule has 1 amide bonds. The zero-order chi connectivity index (χ0) is 13.7. The van der Waals surface area contributed by atoms with Gasteiger partial charge >= 0.3 is 6.09 Å². The second kappa shape index (κ2) is 6.43. The highest BCUT2D eigenvalue weighted by Gasteiger charge is 2.27. The Kier molecular flexibility index (Phi) is 4.63. The van der Waals surface area contributed by atoms with Crippen LogP contribution in [0, 0.1) is 5.92 Å². The van der Waals surface area contributed by atoms with Crippen LogP contribution in [0.1, 0.15) is 13.3 Å². The van der Waals surface area contributed by atoms with Crippen LogP contribution >= 0.6 is 0 Å². The number of ether oxygens (including phenoxy) is 2. The highest BCUT2D eigenvalue weighted by atomic mass is 16.6. The predicted octanol–water partition coefficient (Wildman–Crippen LogP) is 2.01. The Hall–Kier alpha value is -1.75. The number of rotatable bonds is 5. The number of anilines is 1. The molecule has 0 bridgehead atoms. The first-order chi connectivity index (χ1) is 9.24. The van der Waals surface area contributed by atoms with Crippen LogP contribution in [0.5, 0.6) is 5.75 Å². The van der Waals surface area contributed by atoms with Gasteiger partial charge < -0.3 is 15.2 Å². The van der Waals surface area contributed by atoms with E-state index in [-0.39, 0.29) is 6.09 Å². The molecule has 0 saturated carbocycles. The van der Waals surface area contributed by atoms with Crippen LogP contribution in [0.3, 0.4) is 0 Å². The number of benzene rings is 1. The minimum absolute atomic E-state index is 0.294. The molecule has 1 aliphatic rings. The van der Waals surface area contributed by atoms with E-state index in [2.05, 4.69) is 0 Å². The second-order valence-corrected chi connectivity index (χ2v) is 4.56. The number of nitrogens with two attached hydrogens (primary N) is 1. The third-order valence-electron chi connectivity index (χ3n) is 3.14. The van der Waals surface area contributed by atoms with Crippen LogP contribution in [0.25, 0.3) is 0 Å². The van der Waals surface area contributed by atoms with Crippen molar-refractivity contribution in [2.75, 3.05) is 31.2 Å². The average Bonchev–Trinajstić information content (AvgIpc) is 2.43. The van der Waals surface area contributed by atoms with Crippen LogP contribution < -0.4 is 15.4 Å². The topological polar surface area (TPSA) is 64.8 Å². The molecule has 0 aliphatic carbocycles. The zero-order valence-corrected chi connectivity index (χ0v) is 11.2. The number of hydrogen-bond donors (Lipinski definition) is 1. The fourth-order valence-corrected chi connectivity index (χ4v) is 2.16. The summed E-state index contributed by atoms with van der Waals surface area (Å²) in [5.41, 5.74) is 6.38. The van der Waals surface area contributed by atoms with E-state index in [9.17, 15) is 4.79 Å². The third kappa shape index (κ3) is 3.38. The Morgan fingerprint density at radius 3 is 2.79 bits per heavy atom. The van der Waals surface area contributed by atoms with Crippen molar-refractivity contribution in [3.05, 3.63) is 24.3 Å². The second-order valence-electron chi connectivity index (χ2n) is 4.56. The Labute approximate surface area is 113 Å². The lowest BCUT2D eigenvalue weighted by Gasteiger charge is -2.32. The molecule has 104 valence electrons. The van der Waals surface area contributed by atoms with E-state index < -0.39 is 0 Å². The minimum Gasteiger partial charge on any atom is -0.494 e. The van der Waals surface area contributed by atoms with Gasteiger partial charge in [0.25, 0.3) is 0 Å². The lowest BCUT2D eigenvalue weighted by molar-refractivity contribution is 0.113. The molecule has 1 fully saturated rings. The number of cyclic esters (lactones) is 1. The molecular weight excluding hydrogens is 244 g/mol. The smallest absolute Gasteiger partial charge is 0.414 e. The fourth-order valence-electron chi connectivity index (χ4n) is 2.16. The Bertz CT molecular complexity index is 419. The first-order valence-corrected chi connectivity index (χ1v) is 6.61. The average molecular weight is 264 g/mol. The van der Waals surface area contributed by atoms with Gasteiger partial charge in [0, 0.05) is 18.2 Å². The molecule has 1 aliphatic heterocycles. The monoisotopic (exact) mass is 264 g/mol. The van der Waals surface area contributed by atoms with Gasteiger partial charge in [-0.15, -0.1) is 0 Å². The van der Waals surface area contributed by atoms with Crippen LogP contribution in [-0.4, -0.2) is 32.4 Å². The van der Waals surface area contributed by atoms with Gasteiger partial charge in [-0.1, -0.05) is 0 Å². The van der Waals surface area contributed by atoms with Crippen molar-refractivity contribution in [3.8, 4) is 5.75 Å². The summed E-state index contributed by atoms with van der Waals surface area (Å²) in [5, 5.41) is 0. The van der Waals surface area contributed by atoms with Gasteiger partial charge in [0.05, 0.1) is 13.2 Å². The molecule has 1 aromatic rings. The Balaban J connectivity index is 2.07. The lowest BCUT2D eigenvalue weighted by Crippen LogP contribution is -2.43. The number of nitrogens with zero attached hydrogens (tertiary/aromatic N) is 1. The Morgan fingerprint density at radius 1 is 1.42 bits per heavy atom. The SMILES string of the molecule is CCOc1ccc(N2CC(CCN)COC2=O)cc1. The van der Waals surface area contributed by atoms with Crippen molar-refractivity contribution in [1.29, 1.82) is 0 Å². The zero-order valence-electron chi connectivity index (χ0n) is 11.2. The largest absolute Gasteiger partial charge is 0.494 e. The quantitative estimate of drug-likeness (QED) is 0.883. The van der Waals surface area contributed by atoms with Crippen molar-refractivity contribution in [2.45, 2.75) is 13.3 Å².